The van der Waals surface area contributed by atoms with Crippen molar-refractivity contribution in [2.45, 2.75) is 37.3 Å². The topological polar surface area (TPSA) is 46.2 Å². The number of hydrogen-bond donors (Lipinski definition) is 2. The number of aliphatic hydroxyl groups is 1. The van der Waals surface area contributed by atoms with Crippen LogP contribution in [0, 0.1) is 0 Å². The summed E-state index contributed by atoms with van der Waals surface area (Å²) >= 11 is 0. The molecule has 0 radical (unpaired) electrons. The molecule has 54 valence electrons. The van der Waals surface area contributed by atoms with Gasteiger partial charge in [-0.25, -0.2) is 0 Å². The molecule has 2 atom stereocenters. The first-order chi connectivity index (χ1) is 4.01. The summed E-state index contributed by atoms with van der Waals surface area (Å²) in [6.07, 6.45) is -0.202. The van der Waals surface area contributed by atoms with E-state index in [1.165, 1.54) is 0 Å². The van der Waals surface area contributed by atoms with Gasteiger partial charge in [0.25, 0.3) is 0 Å². The summed E-state index contributed by atoms with van der Waals surface area (Å²) in [5.41, 5.74) is 5.64. The Morgan fingerprint density at radius 1 is 1.44 bits per heavy atom. The summed E-state index contributed by atoms with van der Waals surface area (Å²) in [4.78, 5) is 0. The van der Waals surface area contributed by atoms with Crippen LogP contribution >= 0.6 is 0 Å². The molecule has 1 aliphatic rings. The first-order valence-corrected chi connectivity index (χ1v) is 6.86. The number of rotatable bonds is 0. The molecule has 1 saturated heterocycles. The van der Waals surface area contributed by atoms with Gasteiger partial charge >= 0.3 is 0 Å². The van der Waals surface area contributed by atoms with Gasteiger partial charge in [0, 0.05) is 6.04 Å². The molecule has 0 amide bonds. The molecule has 3 N–H and O–H groups in total. The maximum Gasteiger partial charge on any atom is 0.0665 e. The van der Waals surface area contributed by atoms with Gasteiger partial charge in [0.15, 0.2) is 0 Å². The molecule has 0 aromatic heterocycles. The van der Waals surface area contributed by atoms with Gasteiger partial charge < -0.3 is 10.8 Å². The zero-order chi connectivity index (χ0) is 7.07. The second kappa shape index (κ2) is 2.07. The Kier molecular flexibility index (Phi) is 1.67. The maximum atomic E-state index is 9.24. The average Bonchev–Trinajstić information content (AvgIpc) is 1.79. The zero-order valence-electron chi connectivity index (χ0n) is 6.09. The van der Waals surface area contributed by atoms with Crippen molar-refractivity contribution in [2.24, 2.45) is 5.73 Å². The number of nitrogens with two attached hydrogens (primary N) is 1. The predicted molar refractivity (Wildman–Crippen MR) is 41.1 cm³/mol. The van der Waals surface area contributed by atoms with Crippen LogP contribution in [0.25, 0.3) is 0 Å². The SMILES string of the molecule is C[Si]1(C)C[C@@H](N)[C@@H](O)C1. The fourth-order valence-electron chi connectivity index (χ4n) is 1.57. The van der Waals surface area contributed by atoms with Gasteiger partial charge in [0.05, 0.1) is 14.2 Å². The van der Waals surface area contributed by atoms with E-state index in [-0.39, 0.29) is 12.1 Å². The highest BCUT2D eigenvalue weighted by molar-refractivity contribution is 6.78. The Bertz CT molecular complexity index is 104. The molecule has 0 unspecified atom stereocenters. The quantitative estimate of drug-likeness (QED) is 0.485. The minimum atomic E-state index is -1.04. The minimum absolute atomic E-state index is 0.0756. The Morgan fingerprint density at radius 3 is 2.11 bits per heavy atom. The van der Waals surface area contributed by atoms with Crippen molar-refractivity contribution in [3.05, 3.63) is 0 Å². The molecular weight excluding hydrogens is 130 g/mol. The van der Waals surface area contributed by atoms with E-state index in [9.17, 15) is 5.11 Å². The third-order valence-corrected chi connectivity index (χ3v) is 5.14. The van der Waals surface area contributed by atoms with E-state index in [0.29, 0.717) is 0 Å². The van der Waals surface area contributed by atoms with Gasteiger partial charge in [-0.3, -0.25) is 0 Å². The van der Waals surface area contributed by atoms with E-state index in [1.54, 1.807) is 0 Å². The summed E-state index contributed by atoms with van der Waals surface area (Å²) in [5.74, 6) is 0. The van der Waals surface area contributed by atoms with Crippen LogP contribution in [-0.2, 0) is 0 Å². The molecular formula is C6H15NOSi. The Hall–Kier alpha value is 0.137. The largest absolute Gasteiger partial charge is 0.392 e. The first-order valence-electron chi connectivity index (χ1n) is 3.45. The van der Waals surface area contributed by atoms with E-state index in [0.717, 1.165) is 12.1 Å². The lowest BCUT2D eigenvalue weighted by Crippen LogP contribution is -2.28. The van der Waals surface area contributed by atoms with Crippen molar-refractivity contribution in [1.29, 1.82) is 0 Å². The Balaban J connectivity index is 2.54. The molecule has 0 aliphatic carbocycles. The standard InChI is InChI=1S/C6H15NOSi/c1-9(2)3-5(7)6(8)4-9/h5-6,8H,3-4,7H2,1-2H3/t5-,6+/m1/s1. The molecule has 9 heavy (non-hydrogen) atoms. The summed E-state index contributed by atoms with van der Waals surface area (Å²) in [6, 6.07) is 2.16. The molecule has 1 fully saturated rings. The summed E-state index contributed by atoms with van der Waals surface area (Å²) in [7, 11) is -1.04. The highest BCUT2D eigenvalue weighted by Crippen LogP contribution is 2.28. The molecule has 0 aromatic carbocycles. The second-order valence-electron chi connectivity index (χ2n) is 3.80. The van der Waals surface area contributed by atoms with Gasteiger partial charge in [-0.05, 0) is 12.1 Å². The number of hydrogen-bond acceptors (Lipinski definition) is 2. The molecule has 0 bridgehead atoms. The average molecular weight is 145 g/mol. The lowest BCUT2D eigenvalue weighted by Gasteiger charge is -2.11. The normalized spacial score (nSPS) is 41.3. The molecule has 0 spiro atoms. The van der Waals surface area contributed by atoms with E-state index in [1.807, 2.05) is 0 Å². The fourth-order valence-corrected chi connectivity index (χ4v) is 4.72. The summed E-state index contributed by atoms with van der Waals surface area (Å²) < 4.78 is 0. The number of aliphatic hydroxyl groups excluding tert-OH is 1. The fraction of sp³-hybridized carbons (Fsp3) is 1.00. The van der Waals surface area contributed by atoms with E-state index in [2.05, 4.69) is 13.1 Å². The van der Waals surface area contributed by atoms with E-state index >= 15 is 0 Å². The smallest absolute Gasteiger partial charge is 0.0665 e. The van der Waals surface area contributed by atoms with E-state index < -0.39 is 8.07 Å². The van der Waals surface area contributed by atoms with Gasteiger partial charge in [-0.2, -0.15) is 0 Å². The molecule has 0 aromatic rings. The summed E-state index contributed by atoms with van der Waals surface area (Å²) in [6.45, 7) is 4.56. The molecule has 2 nitrogen and oxygen atoms in total. The third-order valence-electron chi connectivity index (χ3n) is 2.04. The second-order valence-corrected chi connectivity index (χ2v) is 8.95. The van der Waals surface area contributed by atoms with Crippen molar-refractivity contribution < 1.29 is 5.11 Å². The zero-order valence-corrected chi connectivity index (χ0v) is 7.09. The lowest BCUT2D eigenvalue weighted by atomic mass is 10.2. The minimum Gasteiger partial charge on any atom is -0.392 e. The van der Waals surface area contributed by atoms with Gasteiger partial charge in [0.2, 0.25) is 0 Å². The molecule has 3 heteroatoms. The van der Waals surface area contributed by atoms with E-state index in [4.69, 9.17) is 5.73 Å². The monoisotopic (exact) mass is 145 g/mol. The molecule has 1 rings (SSSR count). The van der Waals surface area contributed by atoms with Gasteiger partial charge in [-0.1, -0.05) is 13.1 Å². The van der Waals surface area contributed by atoms with Crippen LogP contribution in [0.15, 0.2) is 0 Å². The van der Waals surface area contributed by atoms with Gasteiger partial charge in [0.1, 0.15) is 0 Å². The van der Waals surface area contributed by atoms with Crippen LogP contribution in [0.4, 0.5) is 0 Å². The van der Waals surface area contributed by atoms with Crippen LogP contribution in [0.1, 0.15) is 0 Å². The van der Waals surface area contributed by atoms with Crippen molar-refractivity contribution in [3.63, 3.8) is 0 Å². The Labute approximate surface area is 57.1 Å². The van der Waals surface area contributed by atoms with Crippen LogP contribution in [0.2, 0.25) is 25.2 Å². The van der Waals surface area contributed by atoms with Crippen LogP contribution in [-0.4, -0.2) is 25.3 Å². The molecule has 0 saturated carbocycles. The maximum absolute atomic E-state index is 9.24. The van der Waals surface area contributed by atoms with Crippen molar-refractivity contribution >= 4 is 8.07 Å². The van der Waals surface area contributed by atoms with Gasteiger partial charge in [-0.15, -0.1) is 0 Å². The predicted octanol–water partition coefficient (Wildman–Crippen LogP) is 0.397. The summed E-state index contributed by atoms with van der Waals surface area (Å²) in [5, 5.41) is 9.24. The van der Waals surface area contributed by atoms with Crippen LogP contribution in [0.3, 0.4) is 0 Å². The molecule has 1 aliphatic heterocycles. The Morgan fingerprint density at radius 2 is 2.00 bits per heavy atom. The van der Waals surface area contributed by atoms with Crippen molar-refractivity contribution in [2.75, 3.05) is 0 Å². The van der Waals surface area contributed by atoms with Crippen LogP contribution in [0.5, 0.6) is 0 Å². The molecule has 1 heterocycles. The highest BCUT2D eigenvalue weighted by Gasteiger charge is 2.37. The lowest BCUT2D eigenvalue weighted by molar-refractivity contribution is 0.180. The first kappa shape index (κ1) is 7.25. The van der Waals surface area contributed by atoms with Crippen molar-refractivity contribution in [3.8, 4) is 0 Å². The van der Waals surface area contributed by atoms with Crippen LogP contribution < -0.4 is 5.73 Å². The highest BCUT2D eigenvalue weighted by atomic mass is 28.3. The van der Waals surface area contributed by atoms with Crippen molar-refractivity contribution in [1.82, 2.24) is 0 Å². The third kappa shape index (κ3) is 1.53.